The summed E-state index contributed by atoms with van der Waals surface area (Å²) in [6.07, 6.45) is 0.115. The van der Waals surface area contributed by atoms with Crippen LogP contribution in [0, 0.1) is 11.3 Å². The molecular formula is C25H19BrN2O4. The van der Waals surface area contributed by atoms with E-state index in [1.807, 2.05) is 36.4 Å². The summed E-state index contributed by atoms with van der Waals surface area (Å²) < 4.78 is 17.3. The van der Waals surface area contributed by atoms with Crippen LogP contribution in [0.15, 0.2) is 82.7 Å². The number of ether oxygens (including phenoxy) is 3. The summed E-state index contributed by atoms with van der Waals surface area (Å²) in [4.78, 5) is 12.4. The van der Waals surface area contributed by atoms with E-state index in [2.05, 4.69) is 22.0 Å². The highest BCUT2D eigenvalue weighted by Crippen LogP contribution is 2.43. The first-order chi connectivity index (χ1) is 15.5. The summed E-state index contributed by atoms with van der Waals surface area (Å²) in [6.45, 7) is 0. The van der Waals surface area contributed by atoms with Gasteiger partial charge in [0.1, 0.15) is 28.9 Å². The minimum atomic E-state index is -0.406. The molecule has 1 aliphatic rings. The normalized spacial score (nSPS) is 14.7. The van der Waals surface area contributed by atoms with Crippen LogP contribution in [0.5, 0.6) is 17.2 Å². The van der Waals surface area contributed by atoms with E-state index in [-0.39, 0.29) is 18.2 Å². The van der Waals surface area contributed by atoms with Crippen LogP contribution >= 0.6 is 15.9 Å². The Morgan fingerprint density at radius 2 is 1.78 bits per heavy atom. The van der Waals surface area contributed by atoms with E-state index in [9.17, 15) is 10.1 Å². The first-order valence-corrected chi connectivity index (χ1v) is 10.6. The number of hydrogen-bond acceptors (Lipinski definition) is 6. The molecule has 0 saturated heterocycles. The van der Waals surface area contributed by atoms with Crippen molar-refractivity contribution in [2.45, 2.75) is 12.3 Å². The number of hydrogen-bond donors (Lipinski definition) is 1. The molecule has 0 spiro atoms. The molecule has 4 rings (SSSR count). The molecule has 0 radical (unpaired) electrons. The van der Waals surface area contributed by atoms with Crippen molar-refractivity contribution >= 4 is 21.9 Å². The number of carbonyl (C=O) groups is 1. The molecule has 2 N–H and O–H groups in total. The van der Waals surface area contributed by atoms with Gasteiger partial charge in [-0.1, -0.05) is 46.3 Å². The molecule has 0 bridgehead atoms. The van der Waals surface area contributed by atoms with Crippen molar-refractivity contribution in [3.8, 4) is 23.3 Å². The van der Waals surface area contributed by atoms with Crippen LogP contribution in [0.4, 0.5) is 0 Å². The molecule has 0 aliphatic carbocycles. The molecule has 3 aromatic rings. The van der Waals surface area contributed by atoms with E-state index in [1.54, 1.807) is 37.4 Å². The predicted octanol–water partition coefficient (Wildman–Crippen LogP) is 4.82. The summed E-state index contributed by atoms with van der Waals surface area (Å²) >= 11 is 3.43. The van der Waals surface area contributed by atoms with Gasteiger partial charge >= 0.3 is 5.97 Å². The molecular weight excluding hydrogens is 472 g/mol. The number of rotatable bonds is 5. The van der Waals surface area contributed by atoms with Gasteiger partial charge in [0.05, 0.1) is 19.4 Å². The van der Waals surface area contributed by atoms with Crippen LogP contribution in [0.3, 0.4) is 0 Å². The van der Waals surface area contributed by atoms with E-state index < -0.39 is 5.97 Å². The van der Waals surface area contributed by atoms with Gasteiger partial charge in [-0.05, 0) is 41.5 Å². The Bertz CT molecular complexity index is 1230. The molecule has 0 aromatic heterocycles. The zero-order valence-electron chi connectivity index (χ0n) is 17.2. The number of fused-ring (bicyclic) bond motifs is 1. The van der Waals surface area contributed by atoms with Crippen LogP contribution in [-0.4, -0.2) is 13.1 Å². The van der Waals surface area contributed by atoms with Crippen molar-refractivity contribution in [2.75, 3.05) is 7.11 Å². The fourth-order valence-corrected chi connectivity index (χ4v) is 3.84. The van der Waals surface area contributed by atoms with Gasteiger partial charge < -0.3 is 19.9 Å². The van der Waals surface area contributed by atoms with Gasteiger partial charge in [0, 0.05) is 16.1 Å². The van der Waals surface area contributed by atoms with Gasteiger partial charge in [0.15, 0.2) is 0 Å². The number of esters is 1. The molecule has 1 unspecified atom stereocenters. The van der Waals surface area contributed by atoms with E-state index in [4.69, 9.17) is 19.9 Å². The Hall–Kier alpha value is -3.76. The molecule has 1 aliphatic heterocycles. The van der Waals surface area contributed by atoms with Crippen molar-refractivity contribution < 1.29 is 19.0 Å². The van der Waals surface area contributed by atoms with Gasteiger partial charge in [-0.25, -0.2) is 0 Å². The average Bonchev–Trinajstić information content (AvgIpc) is 2.79. The quantitative estimate of drug-likeness (QED) is 0.406. The number of methoxy groups -OCH3 is 1. The fraction of sp³-hybridized carbons (Fsp3) is 0.120. The Morgan fingerprint density at radius 1 is 1.09 bits per heavy atom. The Labute approximate surface area is 194 Å². The van der Waals surface area contributed by atoms with Crippen LogP contribution in [0.1, 0.15) is 22.6 Å². The third kappa shape index (κ3) is 4.46. The summed E-state index contributed by atoms with van der Waals surface area (Å²) in [5, 5.41) is 9.67. The van der Waals surface area contributed by atoms with Gasteiger partial charge in [0.2, 0.25) is 5.88 Å². The SMILES string of the molecule is COc1ccc(CC(=O)Oc2ccc3c(c2)OC(N)=C(C#N)C3c2ccc(Br)cc2)cc1. The zero-order chi connectivity index (χ0) is 22.7. The predicted molar refractivity (Wildman–Crippen MR) is 122 cm³/mol. The van der Waals surface area contributed by atoms with Crippen molar-refractivity contribution in [2.24, 2.45) is 5.73 Å². The lowest BCUT2D eigenvalue weighted by Crippen LogP contribution is -2.21. The number of carbonyl (C=O) groups excluding carboxylic acids is 1. The topological polar surface area (TPSA) is 94.6 Å². The third-order valence-corrected chi connectivity index (χ3v) is 5.66. The van der Waals surface area contributed by atoms with Crippen molar-refractivity contribution in [3.63, 3.8) is 0 Å². The van der Waals surface area contributed by atoms with Crippen LogP contribution in [-0.2, 0) is 11.2 Å². The number of allylic oxidation sites excluding steroid dienone is 1. The zero-order valence-corrected chi connectivity index (χ0v) is 18.8. The number of benzene rings is 3. The fourth-order valence-electron chi connectivity index (χ4n) is 3.57. The maximum Gasteiger partial charge on any atom is 0.315 e. The lowest BCUT2D eigenvalue weighted by atomic mass is 9.83. The minimum absolute atomic E-state index is 0.0367. The molecule has 0 saturated carbocycles. The van der Waals surface area contributed by atoms with Gasteiger partial charge in [-0.2, -0.15) is 5.26 Å². The molecule has 1 atom stereocenters. The second-order valence-corrected chi connectivity index (χ2v) is 8.09. The summed E-state index contributed by atoms with van der Waals surface area (Å²) in [5.74, 6) is 0.762. The number of halogens is 1. The number of nitrogens with zero attached hydrogens (tertiary/aromatic N) is 1. The Kier molecular flexibility index (Phi) is 6.15. The van der Waals surface area contributed by atoms with Crippen LogP contribution in [0.2, 0.25) is 0 Å². The van der Waals surface area contributed by atoms with Crippen LogP contribution in [0.25, 0.3) is 0 Å². The lowest BCUT2D eigenvalue weighted by molar-refractivity contribution is -0.133. The standard InChI is InChI=1S/C25H19BrN2O4/c1-30-18-8-2-15(3-9-18)12-23(29)31-19-10-11-20-22(13-19)32-25(28)21(14-27)24(20)16-4-6-17(26)7-5-16/h2-11,13,24H,12,28H2,1H3. The molecule has 6 nitrogen and oxygen atoms in total. The first kappa shape index (κ1) is 21.5. The van der Waals surface area contributed by atoms with Crippen molar-refractivity contribution in [1.29, 1.82) is 5.26 Å². The maximum atomic E-state index is 12.4. The molecule has 3 aromatic carbocycles. The van der Waals surface area contributed by atoms with E-state index >= 15 is 0 Å². The highest BCUT2D eigenvalue weighted by molar-refractivity contribution is 9.10. The van der Waals surface area contributed by atoms with Crippen molar-refractivity contribution in [3.05, 3.63) is 99.3 Å². The number of nitrogens with two attached hydrogens (primary N) is 1. The summed E-state index contributed by atoms with van der Waals surface area (Å²) in [6, 6.07) is 22.1. The van der Waals surface area contributed by atoms with E-state index in [1.165, 1.54) is 0 Å². The highest BCUT2D eigenvalue weighted by Gasteiger charge is 2.31. The highest BCUT2D eigenvalue weighted by atomic mass is 79.9. The molecule has 0 fully saturated rings. The number of nitriles is 1. The van der Waals surface area contributed by atoms with Crippen LogP contribution < -0.4 is 19.9 Å². The Balaban J connectivity index is 1.57. The van der Waals surface area contributed by atoms with E-state index in [0.717, 1.165) is 26.9 Å². The van der Waals surface area contributed by atoms with Gasteiger partial charge in [0.25, 0.3) is 0 Å². The largest absolute Gasteiger partial charge is 0.497 e. The van der Waals surface area contributed by atoms with E-state index in [0.29, 0.717) is 17.1 Å². The van der Waals surface area contributed by atoms with Crippen molar-refractivity contribution in [1.82, 2.24) is 0 Å². The molecule has 1 heterocycles. The van der Waals surface area contributed by atoms with Gasteiger partial charge in [-0.15, -0.1) is 0 Å². The molecule has 0 amide bonds. The maximum absolute atomic E-state index is 12.4. The second-order valence-electron chi connectivity index (χ2n) is 7.17. The first-order valence-electron chi connectivity index (χ1n) is 9.79. The molecule has 7 heteroatoms. The molecule has 160 valence electrons. The van der Waals surface area contributed by atoms with Gasteiger partial charge in [-0.3, -0.25) is 4.79 Å². The third-order valence-electron chi connectivity index (χ3n) is 5.13. The lowest BCUT2D eigenvalue weighted by Gasteiger charge is -2.26. The molecule has 32 heavy (non-hydrogen) atoms. The smallest absolute Gasteiger partial charge is 0.315 e. The minimum Gasteiger partial charge on any atom is -0.497 e. The summed E-state index contributed by atoms with van der Waals surface area (Å²) in [5.41, 5.74) is 8.87. The summed E-state index contributed by atoms with van der Waals surface area (Å²) in [7, 11) is 1.59. The monoisotopic (exact) mass is 490 g/mol. The Morgan fingerprint density at radius 3 is 2.44 bits per heavy atom. The second kappa shape index (κ2) is 9.16. The average molecular weight is 491 g/mol.